The molecule has 21 heavy (non-hydrogen) atoms. The van der Waals surface area contributed by atoms with Gasteiger partial charge in [0.15, 0.2) is 0 Å². The molecule has 2 aliphatic heterocycles. The molecule has 1 spiro atoms. The Morgan fingerprint density at radius 2 is 2.24 bits per heavy atom. The van der Waals surface area contributed by atoms with Crippen molar-refractivity contribution >= 4 is 23.3 Å². The van der Waals surface area contributed by atoms with E-state index in [2.05, 4.69) is 30.4 Å². The zero-order valence-corrected chi connectivity index (χ0v) is 14.6. The lowest BCUT2D eigenvalue weighted by molar-refractivity contribution is -0.101. The zero-order valence-electron chi connectivity index (χ0n) is 13.0. The van der Waals surface area contributed by atoms with E-state index in [1.807, 2.05) is 11.8 Å². The molecule has 3 unspecified atom stereocenters. The first-order valence-electron chi connectivity index (χ1n) is 7.64. The van der Waals surface area contributed by atoms with Crippen molar-refractivity contribution in [2.45, 2.75) is 57.2 Å². The van der Waals surface area contributed by atoms with Gasteiger partial charge in [-0.1, -0.05) is 25.3 Å². The van der Waals surface area contributed by atoms with Crippen molar-refractivity contribution in [2.24, 2.45) is 5.92 Å². The second-order valence-electron chi connectivity index (χ2n) is 7.27. The highest BCUT2D eigenvalue weighted by Crippen LogP contribution is 2.45. The third-order valence-corrected chi connectivity index (χ3v) is 6.56. The summed E-state index contributed by atoms with van der Waals surface area (Å²) >= 11 is 3.32. The summed E-state index contributed by atoms with van der Waals surface area (Å²) in [6.07, 6.45) is 2.55. The van der Waals surface area contributed by atoms with Gasteiger partial charge in [0.25, 0.3) is 0 Å². The fourth-order valence-corrected chi connectivity index (χ4v) is 5.65. The van der Waals surface area contributed by atoms with E-state index in [0.29, 0.717) is 0 Å². The quantitative estimate of drug-likeness (QED) is 0.903. The Kier molecular flexibility index (Phi) is 4.34. The van der Waals surface area contributed by atoms with Crippen molar-refractivity contribution in [2.75, 3.05) is 18.1 Å². The fraction of sp³-hybridized carbons (Fsp3) is 0.867. The Hall–Kier alpha value is -0.170. The first-order valence-corrected chi connectivity index (χ1v) is 9.57. The molecule has 2 fully saturated rings. The van der Waals surface area contributed by atoms with E-state index in [1.165, 1.54) is 17.3 Å². The van der Waals surface area contributed by atoms with Crippen LogP contribution in [0.1, 0.15) is 56.7 Å². The molecule has 1 aromatic rings. The van der Waals surface area contributed by atoms with Crippen molar-refractivity contribution in [1.82, 2.24) is 9.59 Å². The zero-order chi connectivity index (χ0) is 15.1. The van der Waals surface area contributed by atoms with Gasteiger partial charge >= 0.3 is 0 Å². The summed E-state index contributed by atoms with van der Waals surface area (Å²) in [5.41, 5.74) is 0.880. The lowest BCUT2D eigenvalue weighted by atomic mass is 9.80. The second-order valence-corrected chi connectivity index (χ2v) is 9.16. The molecule has 0 amide bonds. The maximum absolute atomic E-state index is 10.9. The largest absolute Gasteiger partial charge is 0.387 e. The van der Waals surface area contributed by atoms with Crippen LogP contribution < -0.4 is 0 Å². The van der Waals surface area contributed by atoms with Crippen molar-refractivity contribution in [3.8, 4) is 0 Å². The van der Waals surface area contributed by atoms with Crippen LogP contribution in [0, 0.1) is 5.92 Å². The minimum Gasteiger partial charge on any atom is -0.387 e. The SMILES string of the molecule is CC(C)(C)c1nnsc1C(O)C1CCOC2(CCSC2)C1. The lowest BCUT2D eigenvalue weighted by Gasteiger charge is -2.39. The van der Waals surface area contributed by atoms with Gasteiger partial charge in [0, 0.05) is 17.8 Å². The van der Waals surface area contributed by atoms with Crippen molar-refractivity contribution in [3.05, 3.63) is 10.6 Å². The predicted molar refractivity (Wildman–Crippen MR) is 86.9 cm³/mol. The van der Waals surface area contributed by atoms with E-state index in [4.69, 9.17) is 4.74 Å². The predicted octanol–water partition coefficient (Wildman–Crippen LogP) is 3.17. The molecule has 1 N–H and O–H groups in total. The minimum atomic E-state index is -0.453. The van der Waals surface area contributed by atoms with Crippen LogP contribution in [0.25, 0.3) is 0 Å². The second kappa shape index (κ2) is 5.80. The van der Waals surface area contributed by atoms with Gasteiger partial charge in [-0.2, -0.15) is 11.8 Å². The number of nitrogens with zero attached hydrogens (tertiary/aromatic N) is 2. The van der Waals surface area contributed by atoms with Crippen LogP contribution in [0.2, 0.25) is 0 Å². The lowest BCUT2D eigenvalue weighted by Crippen LogP contribution is -2.41. The average Bonchev–Trinajstić information content (AvgIpc) is 3.07. The van der Waals surface area contributed by atoms with Gasteiger partial charge in [-0.15, -0.1) is 5.10 Å². The van der Waals surface area contributed by atoms with Crippen molar-refractivity contribution in [3.63, 3.8) is 0 Å². The molecule has 0 aromatic carbocycles. The van der Waals surface area contributed by atoms with Crippen LogP contribution in [-0.4, -0.2) is 38.4 Å². The normalized spacial score (nSPS) is 31.7. The number of thioether (sulfide) groups is 1. The number of aliphatic hydroxyl groups excluding tert-OH is 1. The molecule has 0 saturated carbocycles. The number of hydrogen-bond acceptors (Lipinski definition) is 6. The molecule has 2 aliphatic rings. The van der Waals surface area contributed by atoms with E-state index in [0.717, 1.165) is 42.2 Å². The Labute approximate surface area is 134 Å². The molecular weight excluding hydrogens is 304 g/mol. The highest BCUT2D eigenvalue weighted by molar-refractivity contribution is 7.99. The fourth-order valence-electron chi connectivity index (χ4n) is 3.32. The van der Waals surface area contributed by atoms with Gasteiger partial charge < -0.3 is 9.84 Å². The van der Waals surface area contributed by atoms with E-state index in [-0.39, 0.29) is 16.9 Å². The first-order chi connectivity index (χ1) is 9.91. The number of aliphatic hydroxyl groups is 1. The smallest absolute Gasteiger partial charge is 0.0947 e. The summed E-state index contributed by atoms with van der Waals surface area (Å²) in [7, 11) is 0. The monoisotopic (exact) mass is 328 g/mol. The minimum absolute atomic E-state index is 0.00851. The van der Waals surface area contributed by atoms with Gasteiger partial charge in [0.2, 0.25) is 0 Å². The molecule has 0 aliphatic carbocycles. The van der Waals surface area contributed by atoms with E-state index >= 15 is 0 Å². The Balaban J connectivity index is 1.79. The third-order valence-electron chi connectivity index (χ3n) is 4.54. The van der Waals surface area contributed by atoms with E-state index in [1.54, 1.807) is 0 Å². The highest BCUT2D eigenvalue weighted by Gasteiger charge is 2.43. The van der Waals surface area contributed by atoms with Crippen molar-refractivity contribution in [1.29, 1.82) is 0 Å². The van der Waals surface area contributed by atoms with Crippen LogP contribution in [0.3, 0.4) is 0 Å². The summed E-state index contributed by atoms with van der Waals surface area (Å²) in [5, 5.41) is 15.2. The number of ether oxygens (including phenoxy) is 1. The number of hydrogen-bond donors (Lipinski definition) is 1. The average molecular weight is 329 g/mol. The van der Waals surface area contributed by atoms with Gasteiger partial charge in [0.1, 0.15) is 0 Å². The first kappa shape index (κ1) is 15.7. The molecular formula is C15H24N2O2S2. The van der Waals surface area contributed by atoms with Crippen LogP contribution in [-0.2, 0) is 10.2 Å². The Morgan fingerprint density at radius 1 is 1.43 bits per heavy atom. The number of aromatic nitrogens is 2. The molecule has 3 rings (SSSR count). The molecule has 118 valence electrons. The molecule has 3 atom stereocenters. The molecule has 2 saturated heterocycles. The molecule has 0 radical (unpaired) electrons. The molecule has 0 bridgehead atoms. The van der Waals surface area contributed by atoms with Gasteiger partial charge in [-0.05, 0) is 42.5 Å². The van der Waals surface area contributed by atoms with Gasteiger partial charge in [-0.25, -0.2) is 0 Å². The maximum atomic E-state index is 10.9. The van der Waals surface area contributed by atoms with Crippen LogP contribution >= 0.6 is 23.3 Å². The van der Waals surface area contributed by atoms with Crippen molar-refractivity contribution < 1.29 is 9.84 Å². The molecule has 3 heterocycles. The molecule has 6 heteroatoms. The van der Waals surface area contributed by atoms with E-state index < -0.39 is 6.10 Å². The Morgan fingerprint density at radius 3 is 2.90 bits per heavy atom. The van der Waals surface area contributed by atoms with Crippen LogP contribution in [0.15, 0.2) is 0 Å². The standard InChI is InChI=1S/C15H24N2O2S2/c1-14(2,3)13-12(21-17-16-13)11(18)10-4-6-19-15(8-10)5-7-20-9-15/h10-11,18H,4-9H2,1-3H3. The molecule has 4 nitrogen and oxygen atoms in total. The van der Waals surface area contributed by atoms with Gasteiger partial charge in [0.05, 0.1) is 22.3 Å². The topological polar surface area (TPSA) is 55.2 Å². The third kappa shape index (κ3) is 3.14. The Bertz CT molecular complexity index is 492. The summed E-state index contributed by atoms with van der Waals surface area (Å²) in [6.45, 7) is 7.14. The summed E-state index contributed by atoms with van der Waals surface area (Å²) in [6, 6.07) is 0. The summed E-state index contributed by atoms with van der Waals surface area (Å²) in [4.78, 5) is 0.954. The summed E-state index contributed by atoms with van der Waals surface area (Å²) in [5.74, 6) is 2.52. The summed E-state index contributed by atoms with van der Waals surface area (Å²) < 4.78 is 10.2. The number of rotatable bonds is 2. The van der Waals surface area contributed by atoms with Gasteiger partial charge in [-0.3, -0.25) is 0 Å². The van der Waals surface area contributed by atoms with E-state index in [9.17, 15) is 5.11 Å². The molecule has 1 aromatic heterocycles. The van der Waals surface area contributed by atoms with Crippen LogP contribution in [0.5, 0.6) is 0 Å². The van der Waals surface area contributed by atoms with Crippen LogP contribution in [0.4, 0.5) is 0 Å². The highest BCUT2D eigenvalue weighted by atomic mass is 32.2. The maximum Gasteiger partial charge on any atom is 0.0947 e.